The number of nitrogens with one attached hydrogen (secondary N) is 1. The van der Waals surface area contributed by atoms with Crippen LogP contribution in [0.5, 0.6) is 5.75 Å². The first kappa shape index (κ1) is 17.0. The number of aromatic nitrogens is 1. The van der Waals surface area contributed by atoms with Crippen molar-refractivity contribution in [3.05, 3.63) is 39.3 Å². The van der Waals surface area contributed by atoms with Crippen LogP contribution in [-0.4, -0.2) is 23.9 Å². The zero-order valence-electron chi connectivity index (χ0n) is 13.5. The van der Waals surface area contributed by atoms with Gasteiger partial charge in [0, 0.05) is 10.9 Å². The van der Waals surface area contributed by atoms with Gasteiger partial charge in [0.1, 0.15) is 5.75 Å². The van der Waals surface area contributed by atoms with E-state index in [0.29, 0.717) is 22.0 Å². The minimum Gasteiger partial charge on any atom is -0.496 e. The summed E-state index contributed by atoms with van der Waals surface area (Å²) < 4.78 is 5.23. The fourth-order valence-corrected chi connectivity index (χ4v) is 2.98. The molecule has 2 aromatic rings. The Morgan fingerprint density at radius 1 is 1.35 bits per heavy atom. The van der Waals surface area contributed by atoms with Crippen LogP contribution in [0.1, 0.15) is 51.2 Å². The second-order valence-electron chi connectivity index (χ2n) is 5.37. The Bertz CT molecular complexity index is 753. The van der Waals surface area contributed by atoms with E-state index in [4.69, 9.17) is 10.5 Å². The van der Waals surface area contributed by atoms with Crippen LogP contribution >= 0.6 is 11.3 Å². The van der Waals surface area contributed by atoms with Gasteiger partial charge in [0.25, 0.3) is 11.8 Å². The van der Waals surface area contributed by atoms with Crippen LogP contribution in [0.4, 0.5) is 5.69 Å². The molecule has 0 atom stereocenters. The molecule has 0 unspecified atom stereocenters. The highest BCUT2D eigenvalue weighted by molar-refractivity contribution is 7.11. The van der Waals surface area contributed by atoms with Crippen LogP contribution in [0, 0.1) is 6.92 Å². The maximum atomic E-state index is 12.4. The third kappa shape index (κ3) is 3.50. The van der Waals surface area contributed by atoms with Gasteiger partial charge in [-0.1, -0.05) is 13.8 Å². The highest BCUT2D eigenvalue weighted by Gasteiger charge is 2.19. The summed E-state index contributed by atoms with van der Waals surface area (Å²) in [4.78, 5) is 28.3. The lowest BCUT2D eigenvalue weighted by molar-refractivity contribution is 0.100. The number of nitrogens with two attached hydrogens (primary N) is 1. The molecule has 2 rings (SSSR count). The van der Waals surface area contributed by atoms with Crippen LogP contribution in [0.2, 0.25) is 0 Å². The number of primary amides is 1. The number of ether oxygens (including phenoxy) is 1. The van der Waals surface area contributed by atoms with Crippen molar-refractivity contribution < 1.29 is 14.3 Å². The van der Waals surface area contributed by atoms with Crippen molar-refractivity contribution in [2.24, 2.45) is 5.73 Å². The molecule has 0 saturated heterocycles. The predicted octanol–water partition coefficient (Wildman–Crippen LogP) is 2.93. The maximum absolute atomic E-state index is 12.4. The monoisotopic (exact) mass is 333 g/mol. The fraction of sp³-hybridized carbons (Fsp3) is 0.312. The van der Waals surface area contributed by atoms with Crippen molar-refractivity contribution >= 4 is 28.8 Å². The number of rotatable bonds is 5. The van der Waals surface area contributed by atoms with Crippen molar-refractivity contribution in [2.45, 2.75) is 26.7 Å². The summed E-state index contributed by atoms with van der Waals surface area (Å²) in [6.07, 6.45) is 0. The first-order chi connectivity index (χ1) is 10.8. The Morgan fingerprint density at radius 3 is 2.57 bits per heavy atom. The van der Waals surface area contributed by atoms with Crippen molar-refractivity contribution in [1.82, 2.24) is 4.98 Å². The minimum atomic E-state index is -0.618. The molecule has 6 nitrogen and oxygen atoms in total. The molecule has 0 aliphatic carbocycles. The van der Waals surface area contributed by atoms with E-state index in [-0.39, 0.29) is 17.4 Å². The molecule has 1 aromatic carbocycles. The summed E-state index contributed by atoms with van der Waals surface area (Å²) >= 11 is 1.26. The van der Waals surface area contributed by atoms with Gasteiger partial charge in [-0.3, -0.25) is 9.59 Å². The van der Waals surface area contributed by atoms with E-state index in [1.54, 1.807) is 13.0 Å². The van der Waals surface area contributed by atoms with E-state index in [0.717, 1.165) is 5.69 Å². The second-order valence-corrected chi connectivity index (χ2v) is 6.22. The second kappa shape index (κ2) is 6.78. The van der Waals surface area contributed by atoms with Crippen molar-refractivity contribution in [2.75, 3.05) is 12.4 Å². The van der Waals surface area contributed by atoms with E-state index in [1.807, 2.05) is 19.2 Å². The number of methoxy groups -OCH3 is 1. The predicted molar refractivity (Wildman–Crippen MR) is 90.4 cm³/mol. The number of anilines is 1. The lowest BCUT2D eigenvalue weighted by Gasteiger charge is -2.14. The summed E-state index contributed by atoms with van der Waals surface area (Å²) in [5.41, 5.74) is 7.47. The maximum Gasteiger partial charge on any atom is 0.284 e. The quantitative estimate of drug-likeness (QED) is 0.879. The Hall–Kier alpha value is -2.41. The Kier molecular flexibility index (Phi) is 5.00. The molecular weight excluding hydrogens is 314 g/mol. The number of thiazole rings is 1. The first-order valence-corrected chi connectivity index (χ1v) is 7.97. The number of nitrogens with zero attached hydrogens (tertiary/aromatic N) is 1. The van der Waals surface area contributed by atoms with Gasteiger partial charge in [0.05, 0.1) is 24.1 Å². The first-order valence-electron chi connectivity index (χ1n) is 7.09. The molecule has 0 spiro atoms. The zero-order valence-corrected chi connectivity index (χ0v) is 14.3. The highest BCUT2D eigenvalue weighted by atomic mass is 32.1. The zero-order chi connectivity index (χ0) is 17.1. The van der Waals surface area contributed by atoms with E-state index in [2.05, 4.69) is 10.3 Å². The molecule has 0 bridgehead atoms. The van der Waals surface area contributed by atoms with Gasteiger partial charge < -0.3 is 15.8 Å². The molecule has 3 N–H and O–H groups in total. The van der Waals surface area contributed by atoms with Crippen LogP contribution in [0.25, 0.3) is 0 Å². The third-order valence-corrected chi connectivity index (χ3v) is 4.31. The molecule has 23 heavy (non-hydrogen) atoms. The van der Waals surface area contributed by atoms with Crippen LogP contribution < -0.4 is 15.8 Å². The van der Waals surface area contributed by atoms with Gasteiger partial charge in [-0.2, -0.15) is 0 Å². The number of hydrogen-bond donors (Lipinski definition) is 2. The number of amides is 2. The number of hydrogen-bond acceptors (Lipinski definition) is 5. The third-order valence-electron chi connectivity index (χ3n) is 3.45. The molecule has 0 fully saturated rings. The number of carbonyl (C=O) groups is 2. The van der Waals surface area contributed by atoms with Gasteiger partial charge in [-0.05, 0) is 25.0 Å². The summed E-state index contributed by atoms with van der Waals surface area (Å²) in [5, 5.41) is 4.92. The topological polar surface area (TPSA) is 94.3 Å². The molecule has 0 saturated carbocycles. The van der Waals surface area contributed by atoms with E-state index < -0.39 is 5.91 Å². The molecular formula is C16H19N3O3S. The molecule has 0 aliphatic rings. The standard InChI is InChI=1S/C16H19N3O3S/c1-8(2)11-7-23-16(18-11)15(21)19-13-9(3)12(22-4)6-5-10(13)14(17)20/h5-8H,1-4H3,(H2,17,20)(H,19,21). The highest BCUT2D eigenvalue weighted by Crippen LogP contribution is 2.30. The molecule has 122 valence electrons. The van der Waals surface area contributed by atoms with Gasteiger partial charge in [0.2, 0.25) is 0 Å². The number of carbonyl (C=O) groups excluding carboxylic acids is 2. The molecule has 1 heterocycles. The fourth-order valence-electron chi connectivity index (χ4n) is 2.10. The summed E-state index contributed by atoms with van der Waals surface area (Å²) in [7, 11) is 1.52. The van der Waals surface area contributed by atoms with Crippen LogP contribution in [0.3, 0.4) is 0 Å². The average Bonchev–Trinajstić information content (AvgIpc) is 2.99. The normalized spacial score (nSPS) is 10.7. The Balaban J connectivity index is 2.37. The van der Waals surface area contributed by atoms with E-state index in [1.165, 1.54) is 24.5 Å². The van der Waals surface area contributed by atoms with Crippen molar-refractivity contribution in [3.63, 3.8) is 0 Å². The van der Waals surface area contributed by atoms with Crippen LogP contribution in [0.15, 0.2) is 17.5 Å². The largest absolute Gasteiger partial charge is 0.496 e. The molecule has 2 amide bonds. The average molecular weight is 333 g/mol. The number of benzene rings is 1. The Morgan fingerprint density at radius 2 is 2.04 bits per heavy atom. The summed E-state index contributed by atoms with van der Waals surface area (Å²) in [6, 6.07) is 3.18. The minimum absolute atomic E-state index is 0.234. The smallest absolute Gasteiger partial charge is 0.284 e. The summed E-state index contributed by atoms with van der Waals surface area (Å²) in [5.74, 6) is -0.186. The van der Waals surface area contributed by atoms with Gasteiger partial charge in [0.15, 0.2) is 5.01 Å². The lowest BCUT2D eigenvalue weighted by Crippen LogP contribution is -2.19. The van der Waals surface area contributed by atoms with E-state index >= 15 is 0 Å². The molecule has 7 heteroatoms. The molecule has 1 aromatic heterocycles. The van der Waals surface area contributed by atoms with E-state index in [9.17, 15) is 9.59 Å². The van der Waals surface area contributed by atoms with Crippen LogP contribution in [-0.2, 0) is 0 Å². The van der Waals surface area contributed by atoms with Gasteiger partial charge in [-0.15, -0.1) is 11.3 Å². The summed E-state index contributed by atoms with van der Waals surface area (Å²) in [6.45, 7) is 5.77. The SMILES string of the molecule is COc1ccc(C(N)=O)c(NC(=O)c2nc(C(C)C)cs2)c1C. The van der Waals surface area contributed by atoms with Crippen molar-refractivity contribution in [3.8, 4) is 5.75 Å². The molecule has 0 radical (unpaired) electrons. The lowest BCUT2D eigenvalue weighted by atomic mass is 10.1. The van der Waals surface area contributed by atoms with Gasteiger partial charge in [-0.25, -0.2) is 4.98 Å². The molecule has 0 aliphatic heterocycles. The Labute approximate surface area is 138 Å². The van der Waals surface area contributed by atoms with Crippen molar-refractivity contribution in [1.29, 1.82) is 0 Å². The van der Waals surface area contributed by atoms with Gasteiger partial charge >= 0.3 is 0 Å².